The fourth-order valence-corrected chi connectivity index (χ4v) is 5.01. The average Bonchev–Trinajstić information content (AvgIpc) is 3.41. The number of anilines is 2. The lowest BCUT2D eigenvalue weighted by Gasteiger charge is -2.44. The standard InChI is InChI=1S/C24H21ClN4O/c25-18-8-6-7-17(15-18)22-16-24(30-29(22)19-9-2-1-3-10-19)20-11-4-5-12-21(20)27-23-26-13-14-28(23)24/h1-12,15,22H,13-14,16H2,(H,26,27). The Morgan fingerprint density at radius 1 is 1.00 bits per heavy atom. The smallest absolute Gasteiger partial charge is 0.201 e. The molecule has 1 fully saturated rings. The number of hydrogen-bond donors (Lipinski definition) is 1. The van der Waals surface area contributed by atoms with E-state index in [2.05, 4.69) is 46.6 Å². The number of rotatable bonds is 2. The van der Waals surface area contributed by atoms with E-state index in [1.165, 1.54) is 0 Å². The Labute approximate surface area is 180 Å². The maximum Gasteiger partial charge on any atom is 0.201 e. The third-order valence-electron chi connectivity index (χ3n) is 6.12. The summed E-state index contributed by atoms with van der Waals surface area (Å²) in [4.78, 5) is 13.9. The molecule has 3 aromatic rings. The molecule has 3 aliphatic heterocycles. The lowest BCUT2D eigenvalue weighted by atomic mass is 9.89. The minimum atomic E-state index is -0.625. The van der Waals surface area contributed by atoms with E-state index in [4.69, 9.17) is 21.4 Å². The van der Waals surface area contributed by atoms with Gasteiger partial charge >= 0.3 is 0 Å². The molecule has 1 spiro atoms. The van der Waals surface area contributed by atoms with Crippen LogP contribution in [0.25, 0.3) is 0 Å². The quantitative estimate of drug-likeness (QED) is 0.625. The van der Waals surface area contributed by atoms with Crippen LogP contribution >= 0.6 is 11.6 Å². The second kappa shape index (κ2) is 6.76. The molecule has 3 aromatic carbocycles. The van der Waals surface area contributed by atoms with Gasteiger partial charge in [0.1, 0.15) is 0 Å². The Kier molecular flexibility index (Phi) is 4.01. The van der Waals surface area contributed by atoms with E-state index in [0.29, 0.717) is 0 Å². The minimum absolute atomic E-state index is 0.0131. The highest BCUT2D eigenvalue weighted by Gasteiger charge is 2.56. The summed E-state index contributed by atoms with van der Waals surface area (Å²) < 4.78 is 0. The number of hydrogen-bond acceptors (Lipinski definition) is 5. The number of para-hydroxylation sites is 2. The fraction of sp³-hybridized carbons (Fsp3) is 0.208. The summed E-state index contributed by atoms with van der Waals surface area (Å²) in [5, 5.41) is 6.26. The zero-order valence-electron chi connectivity index (χ0n) is 16.3. The Hall–Kier alpha value is -3.02. The topological polar surface area (TPSA) is 40.1 Å². The minimum Gasteiger partial charge on any atom is -0.326 e. The summed E-state index contributed by atoms with van der Waals surface area (Å²) in [6, 6.07) is 26.7. The fourth-order valence-electron chi connectivity index (χ4n) is 4.81. The zero-order valence-corrected chi connectivity index (χ0v) is 17.1. The third-order valence-corrected chi connectivity index (χ3v) is 6.35. The van der Waals surface area contributed by atoms with Crippen molar-refractivity contribution in [2.75, 3.05) is 23.5 Å². The first-order chi connectivity index (χ1) is 14.7. The van der Waals surface area contributed by atoms with Crippen LogP contribution in [0, 0.1) is 0 Å². The molecular weight excluding hydrogens is 396 g/mol. The van der Waals surface area contributed by atoms with Gasteiger partial charge in [0, 0.05) is 29.2 Å². The Balaban J connectivity index is 1.53. The molecule has 5 nitrogen and oxygen atoms in total. The number of halogens is 1. The maximum atomic E-state index is 6.92. The Morgan fingerprint density at radius 3 is 2.70 bits per heavy atom. The summed E-state index contributed by atoms with van der Waals surface area (Å²) in [7, 11) is 0. The first-order valence-corrected chi connectivity index (χ1v) is 10.6. The molecule has 2 atom stereocenters. The van der Waals surface area contributed by atoms with Gasteiger partial charge in [-0.15, -0.1) is 0 Å². The molecule has 0 amide bonds. The number of guanidine groups is 1. The maximum absolute atomic E-state index is 6.92. The molecule has 6 rings (SSSR count). The highest BCUT2D eigenvalue weighted by Crippen LogP contribution is 2.53. The van der Waals surface area contributed by atoms with Gasteiger partial charge in [0.05, 0.1) is 18.3 Å². The van der Waals surface area contributed by atoms with Gasteiger partial charge in [0.2, 0.25) is 11.7 Å². The van der Waals surface area contributed by atoms with Crippen LogP contribution in [0.1, 0.15) is 23.6 Å². The molecule has 3 heterocycles. The molecule has 0 radical (unpaired) electrons. The monoisotopic (exact) mass is 416 g/mol. The molecular formula is C24H21ClN4O. The molecule has 1 N–H and O–H groups in total. The number of nitrogens with one attached hydrogen (secondary N) is 1. The van der Waals surface area contributed by atoms with Crippen molar-refractivity contribution >= 4 is 28.9 Å². The van der Waals surface area contributed by atoms with Crippen LogP contribution in [0.5, 0.6) is 0 Å². The van der Waals surface area contributed by atoms with E-state index < -0.39 is 5.72 Å². The van der Waals surface area contributed by atoms with Crippen molar-refractivity contribution < 1.29 is 4.84 Å². The van der Waals surface area contributed by atoms with E-state index in [0.717, 1.165) is 53.0 Å². The molecule has 0 saturated carbocycles. The van der Waals surface area contributed by atoms with E-state index in [-0.39, 0.29) is 6.04 Å². The number of hydroxylamine groups is 1. The number of fused-ring (bicyclic) bond motifs is 4. The molecule has 0 bridgehead atoms. The molecule has 2 unspecified atom stereocenters. The van der Waals surface area contributed by atoms with Crippen molar-refractivity contribution in [2.24, 2.45) is 4.99 Å². The van der Waals surface area contributed by atoms with E-state index in [1.807, 2.05) is 47.5 Å². The van der Waals surface area contributed by atoms with Crippen LogP contribution in [-0.2, 0) is 10.6 Å². The van der Waals surface area contributed by atoms with Gasteiger partial charge < -0.3 is 10.2 Å². The van der Waals surface area contributed by atoms with Crippen LogP contribution in [0.4, 0.5) is 11.4 Å². The van der Waals surface area contributed by atoms with Gasteiger partial charge in [-0.3, -0.25) is 4.99 Å². The van der Waals surface area contributed by atoms with Crippen LogP contribution in [-0.4, -0.2) is 23.9 Å². The summed E-state index contributed by atoms with van der Waals surface area (Å²) in [5.41, 5.74) is 3.72. The number of nitrogens with zero attached hydrogens (tertiary/aromatic N) is 3. The molecule has 0 aromatic heterocycles. The molecule has 3 aliphatic rings. The highest BCUT2D eigenvalue weighted by atomic mass is 35.5. The van der Waals surface area contributed by atoms with Gasteiger partial charge in [0.15, 0.2) is 0 Å². The normalized spacial score (nSPS) is 24.4. The second-order valence-electron chi connectivity index (χ2n) is 7.84. The van der Waals surface area contributed by atoms with Gasteiger partial charge in [-0.25, -0.2) is 9.90 Å². The van der Waals surface area contributed by atoms with Crippen molar-refractivity contribution in [3.05, 3.63) is 95.0 Å². The van der Waals surface area contributed by atoms with Crippen LogP contribution in [0.2, 0.25) is 5.02 Å². The van der Waals surface area contributed by atoms with Crippen molar-refractivity contribution in [1.82, 2.24) is 4.90 Å². The second-order valence-corrected chi connectivity index (χ2v) is 8.28. The molecule has 0 aliphatic carbocycles. The van der Waals surface area contributed by atoms with Crippen LogP contribution < -0.4 is 10.4 Å². The van der Waals surface area contributed by atoms with Crippen molar-refractivity contribution in [3.63, 3.8) is 0 Å². The lowest BCUT2D eigenvalue weighted by Crippen LogP contribution is -2.54. The molecule has 6 heteroatoms. The third kappa shape index (κ3) is 2.62. The van der Waals surface area contributed by atoms with Crippen molar-refractivity contribution in [2.45, 2.75) is 18.2 Å². The van der Waals surface area contributed by atoms with Crippen molar-refractivity contribution in [1.29, 1.82) is 0 Å². The van der Waals surface area contributed by atoms with Gasteiger partial charge in [-0.1, -0.05) is 60.1 Å². The summed E-state index contributed by atoms with van der Waals surface area (Å²) in [6.07, 6.45) is 0.764. The Bertz CT molecular complexity index is 1130. The van der Waals surface area contributed by atoms with Crippen molar-refractivity contribution in [3.8, 4) is 0 Å². The summed E-state index contributed by atoms with van der Waals surface area (Å²) >= 11 is 6.37. The van der Waals surface area contributed by atoms with E-state index >= 15 is 0 Å². The average molecular weight is 417 g/mol. The largest absolute Gasteiger partial charge is 0.326 e. The molecule has 30 heavy (non-hydrogen) atoms. The summed E-state index contributed by atoms with van der Waals surface area (Å²) in [6.45, 7) is 1.58. The molecule has 150 valence electrons. The molecule has 1 saturated heterocycles. The van der Waals surface area contributed by atoms with E-state index in [9.17, 15) is 0 Å². The first kappa shape index (κ1) is 17.8. The lowest BCUT2D eigenvalue weighted by molar-refractivity contribution is -0.104. The predicted molar refractivity (Wildman–Crippen MR) is 120 cm³/mol. The van der Waals surface area contributed by atoms with Gasteiger partial charge in [-0.2, -0.15) is 0 Å². The number of aliphatic imine (C=N–C) groups is 1. The predicted octanol–water partition coefficient (Wildman–Crippen LogP) is 5.17. The van der Waals surface area contributed by atoms with Crippen LogP contribution in [0.3, 0.4) is 0 Å². The first-order valence-electron chi connectivity index (χ1n) is 10.2. The number of benzene rings is 3. The zero-order chi connectivity index (χ0) is 20.1. The van der Waals surface area contributed by atoms with E-state index in [1.54, 1.807) is 0 Å². The SMILES string of the molecule is Clc1cccc(C2CC3(ON2c2ccccc2)c2ccccc2NC2=NCCN23)c1. The highest BCUT2D eigenvalue weighted by molar-refractivity contribution is 6.30. The van der Waals surface area contributed by atoms with Crippen LogP contribution in [0.15, 0.2) is 83.9 Å². The Morgan fingerprint density at radius 2 is 1.83 bits per heavy atom. The summed E-state index contributed by atoms with van der Waals surface area (Å²) in [5.74, 6) is 0.883. The van der Waals surface area contributed by atoms with Gasteiger partial charge in [0.25, 0.3) is 0 Å². The van der Waals surface area contributed by atoms with Gasteiger partial charge in [-0.05, 0) is 35.9 Å².